The number of hydrogen-bond acceptors (Lipinski definition) is 4. The summed E-state index contributed by atoms with van der Waals surface area (Å²) in [6.07, 6.45) is 0. The second kappa shape index (κ2) is 6.83. The fourth-order valence-electron chi connectivity index (χ4n) is 2.01. The number of fused-ring (bicyclic) bond motifs is 1. The summed E-state index contributed by atoms with van der Waals surface area (Å²) in [7, 11) is -2.07. The highest BCUT2D eigenvalue weighted by molar-refractivity contribution is 7.89. The van der Waals surface area contributed by atoms with Crippen LogP contribution in [0, 0.1) is 0 Å². The molecule has 0 fully saturated rings. The maximum absolute atomic E-state index is 12.5. The Balaban J connectivity index is 0.00000242. The van der Waals surface area contributed by atoms with E-state index in [1.54, 1.807) is 45.2 Å². The van der Waals surface area contributed by atoms with Gasteiger partial charge in [0.25, 0.3) is 0 Å². The molecule has 2 aromatic carbocycles. The van der Waals surface area contributed by atoms with E-state index in [0.29, 0.717) is 11.1 Å². The summed E-state index contributed by atoms with van der Waals surface area (Å²) in [5.41, 5.74) is 5.22. The van der Waals surface area contributed by atoms with Crippen LogP contribution in [0.2, 0.25) is 0 Å². The van der Waals surface area contributed by atoms with E-state index in [9.17, 15) is 8.42 Å². The largest absolute Gasteiger partial charge is 0.496 e. The minimum Gasteiger partial charge on any atom is -0.496 e. The van der Waals surface area contributed by atoms with Crippen molar-refractivity contribution >= 4 is 33.2 Å². The molecule has 5 nitrogen and oxygen atoms in total. The van der Waals surface area contributed by atoms with Crippen molar-refractivity contribution < 1.29 is 13.2 Å². The average molecular weight is 345 g/mol. The van der Waals surface area contributed by atoms with E-state index >= 15 is 0 Å². The summed E-state index contributed by atoms with van der Waals surface area (Å²) >= 11 is 0. The second-order valence-corrected chi connectivity index (χ2v) is 7.36. The predicted octanol–water partition coefficient (Wildman–Crippen LogP) is 2.29. The van der Waals surface area contributed by atoms with E-state index in [1.807, 2.05) is 12.1 Å². The Kier molecular flexibility index (Phi) is 5.81. The topological polar surface area (TPSA) is 81.4 Å². The lowest BCUT2D eigenvalue weighted by Crippen LogP contribution is -2.45. The molecule has 0 atom stereocenters. The van der Waals surface area contributed by atoms with Crippen molar-refractivity contribution in [1.29, 1.82) is 0 Å². The zero-order valence-electron chi connectivity index (χ0n) is 12.8. The lowest BCUT2D eigenvalue weighted by Gasteiger charge is -2.19. The van der Waals surface area contributed by atoms with Crippen LogP contribution >= 0.6 is 12.4 Å². The van der Waals surface area contributed by atoms with Gasteiger partial charge in [-0.3, -0.25) is 0 Å². The van der Waals surface area contributed by atoms with Crippen LogP contribution < -0.4 is 15.2 Å². The Bertz CT molecular complexity index is 755. The van der Waals surface area contributed by atoms with Crippen LogP contribution in [0.1, 0.15) is 13.8 Å². The van der Waals surface area contributed by atoms with Crippen LogP contribution in [-0.2, 0) is 10.0 Å². The van der Waals surface area contributed by atoms with E-state index < -0.39 is 15.6 Å². The monoisotopic (exact) mass is 344 g/mol. The molecular formula is C15H21ClN2O3S. The van der Waals surface area contributed by atoms with Gasteiger partial charge in [-0.25, -0.2) is 13.1 Å². The molecule has 0 saturated heterocycles. The molecule has 0 aliphatic rings. The number of sulfonamides is 1. The second-order valence-electron chi connectivity index (χ2n) is 5.62. The van der Waals surface area contributed by atoms with Gasteiger partial charge in [0.1, 0.15) is 5.75 Å². The Morgan fingerprint density at radius 2 is 1.73 bits per heavy atom. The van der Waals surface area contributed by atoms with Crippen molar-refractivity contribution in [3.8, 4) is 5.75 Å². The van der Waals surface area contributed by atoms with E-state index in [4.69, 9.17) is 10.5 Å². The molecular weight excluding hydrogens is 324 g/mol. The van der Waals surface area contributed by atoms with Gasteiger partial charge in [-0.05, 0) is 26.0 Å². The number of nitrogens with one attached hydrogen (secondary N) is 1. The summed E-state index contributed by atoms with van der Waals surface area (Å²) in [6, 6.07) is 10.4. The molecule has 0 aliphatic carbocycles. The van der Waals surface area contributed by atoms with Gasteiger partial charge in [0.15, 0.2) is 0 Å². The standard InChI is InChI=1S/C15H20N2O3S.ClH/c1-15(2,16)10-17-21(18,19)14-9-8-13(20-3)11-6-4-5-7-12(11)14;/h4-9,17H,10,16H2,1-3H3;1H. The molecule has 0 saturated carbocycles. The number of methoxy groups -OCH3 is 1. The molecule has 2 aromatic rings. The molecule has 0 amide bonds. The quantitative estimate of drug-likeness (QED) is 0.871. The minimum atomic E-state index is -3.63. The van der Waals surface area contributed by atoms with Crippen molar-refractivity contribution in [2.45, 2.75) is 24.3 Å². The number of hydrogen-bond donors (Lipinski definition) is 2. The molecule has 0 aromatic heterocycles. The normalized spacial score (nSPS) is 12.0. The third kappa shape index (κ3) is 4.10. The SMILES string of the molecule is COc1ccc(S(=O)(=O)NCC(C)(C)N)c2ccccc12.Cl. The first-order valence-electron chi connectivity index (χ1n) is 6.59. The third-order valence-electron chi connectivity index (χ3n) is 3.07. The van der Waals surface area contributed by atoms with Crippen LogP contribution in [-0.4, -0.2) is 27.6 Å². The maximum atomic E-state index is 12.5. The van der Waals surface area contributed by atoms with Crippen LogP contribution in [0.15, 0.2) is 41.3 Å². The molecule has 0 unspecified atom stereocenters. The summed E-state index contributed by atoms with van der Waals surface area (Å²) in [5.74, 6) is 0.642. The van der Waals surface area contributed by atoms with Gasteiger partial charge in [-0.15, -0.1) is 12.4 Å². The average Bonchev–Trinajstić information content (AvgIpc) is 2.43. The van der Waals surface area contributed by atoms with E-state index in [2.05, 4.69) is 4.72 Å². The molecule has 2 rings (SSSR count). The van der Waals surface area contributed by atoms with Crippen molar-refractivity contribution in [3.05, 3.63) is 36.4 Å². The highest BCUT2D eigenvalue weighted by atomic mass is 35.5. The number of nitrogens with two attached hydrogens (primary N) is 1. The van der Waals surface area contributed by atoms with E-state index in [0.717, 1.165) is 5.39 Å². The molecule has 0 aliphatic heterocycles. The summed E-state index contributed by atoms with van der Waals surface area (Å²) in [4.78, 5) is 0.225. The summed E-state index contributed by atoms with van der Waals surface area (Å²) < 4.78 is 32.8. The molecule has 0 spiro atoms. The van der Waals surface area contributed by atoms with E-state index in [1.165, 1.54) is 0 Å². The maximum Gasteiger partial charge on any atom is 0.241 e. The van der Waals surface area contributed by atoms with Crippen molar-refractivity contribution in [1.82, 2.24) is 4.72 Å². The summed E-state index contributed by atoms with van der Waals surface area (Å²) in [5, 5.41) is 1.38. The van der Waals surface area contributed by atoms with Crippen LogP contribution in [0.5, 0.6) is 5.75 Å². The first-order chi connectivity index (χ1) is 9.74. The minimum absolute atomic E-state index is 0. The van der Waals surface area contributed by atoms with E-state index in [-0.39, 0.29) is 23.8 Å². The first-order valence-corrected chi connectivity index (χ1v) is 8.07. The van der Waals surface area contributed by atoms with Gasteiger partial charge in [0.05, 0.1) is 12.0 Å². The zero-order chi connectivity index (χ0) is 15.7. The fourth-order valence-corrected chi connectivity index (χ4v) is 3.45. The Hall–Kier alpha value is -1.34. The molecule has 3 N–H and O–H groups in total. The highest BCUT2D eigenvalue weighted by Crippen LogP contribution is 2.30. The van der Waals surface area contributed by atoms with Gasteiger partial charge in [-0.2, -0.15) is 0 Å². The van der Waals surface area contributed by atoms with Crippen LogP contribution in [0.3, 0.4) is 0 Å². The number of benzene rings is 2. The predicted molar refractivity (Wildman–Crippen MR) is 91.2 cm³/mol. The molecule has 122 valence electrons. The van der Waals surface area contributed by atoms with Crippen molar-refractivity contribution in [3.63, 3.8) is 0 Å². The molecule has 22 heavy (non-hydrogen) atoms. The molecule has 0 radical (unpaired) electrons. The van der Waals surface area contributed by atoms with Gasteiger partial charge in [0, 0.05) is 22.9 Å². The highest BCUT2D eigenvalue weighted by Gasteiger charge is 2.21. The number of rotatable bonds is 5. The van der Waals surface area contributed by atoms with Gasteiger partial charge >= 0.3 is 0 Å². The Morgan fingerprint density at radius 1 is 1.14 bits per heavy atom. The van der Waals surface area contributed by atoms with Gasteiger partial charge in [-0.1, -0.05) is 24.3 Å². The number of ether oxygens (including phenoxy) is 1. The van der Waals surface area contributed by atoms with Gasteiger partial charge in [0.2, 0.25) is 10.0 Å². The fraction of sp³-hybridized carbons (Fsp3) is 0.333. The first kappa shape index (κ1) is 18.7. The lowest BCUT2D eigenvalue weighted by atomic mass is 10.1. The summed E-state index contributed by atoms with van der Waals surface area (Å²) in [6.45, 7) is 3.69. The van der Waals surface area contributed by atoms with Crippen LogP contribution in [0.25, 0.3) is 10.8 Å². The Labute approximate surface area is 137 Å². The van der Waals surface area contributed by atoms with Crippen LogP contribution in [0.4, 0.5) is 0 Å². The molecule has 7 heteroatoms. The van der Waals surface area contributed by atoms with Crippen molar-refractivity contribution in [2.75, 3.05) is 13.7 Å². The smallest absolute Gasteiger partial charge is 0.241 e. The molecule has 0 bridgehead atoms. The molecule has 0 heterocycles. The Morgan fingerprint density at radius 3 is 2.27 bits per heavy atom. The van der Waals surface area contributed by atoms with Gasteiger partial charge < -0.3 is 10.5 Å². The third-order valence-corrected chi connectivity index (χ3v) is 4.53. The lowest BCUT2D eigenvalue weighted by molar-refractivity contribution is 0.419. The van der Waals surface area contributed by atoms with Crippen molar-refractivity contribution in [2.24, 2.45) is 5.73 Å². The number of halogens is 1. The zero-order valence-corrected chi connectivity index (χ0v) is 14.4.